The highest BCUT2D eigenvalue weighted by atomic mass is 19.3. The summed E-state index contributed by atoms with van der Waals surface area (Å²) in [4.78, 5) is 29.1. The van der Waals surface area contributed by atoms with E-state index in [1.807, 2.05) is 4.90 Å². The van der Waals surface area contributed by atoms with Crippen LogP contribution in [0.25, 0.3) is 0 Å². The number of aliphatic hydroxyl groups excluding tert-OH is 1. The predicted molar refractivity (Wildman–Crippen MR) is 92.8 cm³/mol. The summed E-state index contributed by atoms with van der Waals surface area (Å²) in [5.74, 6) is -3.78. The van der Waals surface area contributed by atoms with Crippen molar-refractivity contribution in [2.75, 3.05) is 18.8 Å². The zero-order chi connectivity index (χ0) is 20.2. The molecule has 0 unspecified atom stereocenters. The van der Waals surface area contributed by atoms with Crippen molar-refractivity contribution in [2.45, 2.75) is 37.3 Å². The lowest BCUT2D eigenvalue weighted by Gasteiger charge is -2.29. The van der Waals surface area contributed by atoms with Crippen molar-refractivity contribution in [3.8, 4) is 0 Å². The summed E-state index contributed by atoms with van der Waals surface area (Å²) >= 11 is 0. The van der Waals surface area contributed by atoms with Gasteiger partial charge in [-0.1, -0.05) is 0 Å². The summed E-state index contributed by atoms with van der Waals surface area (Å²) in [6, 6.07) is 1.21. The summed E-state index contributed by atoms with van der Waals surface area (Å²) in [6.07, 6.45) is -3.76. The highest BCUT2D eigenvalue weighted by molar-refractivity contribution is 5.24. The number of fused-ring (bicyclic) bond motifs is 1. The van der Waals surface area contributed by atoms with Crippen LogP contribution >= 0.6 is 0 Å². The highest BCUT2D eigenvalue weighted by Crippen LogP contribution is 2.42. The fourth-order valence-electron chi connectivity index (χ4n) is 3.75. The molecule has 10 nitrogen and oxygen atoms in total. The average Bonchev–Trinajstić information content (AvgIpc) is 3.03. The van der Waals surface area contributed by atoms with E-state index in [-0.39, 0.29) is 17.9 Å². The van der Waals surface area contributed by atoms with Crippen LogP contribution in [0.2, 0.25) is 0 Å². The van der Waals surface area contributed by atoms with Crippen molar-refractivity contribution >= 4 is 5.82 Å². The third kappa shape index (κ3) is 2.93. The van der Waals surface area contributed by atoms with E-state index in [0.29, 0.717) is 35.3 Å². The predicted octanol–water partition coefficient (Wildman–Crippen LogP) is -1.20. The summed E-state index contributed by atoms with van der Waals surface area (Å²) in [5, 5.41) is 13.1. The molecule has 28 heavy (non-hydrogen) atoms. The molecule has 0 bridgehead atoms. The first-order chi connectivity index (χ1) is 13.2. The summed E-state index contributed by atoms with van der Waals surface area (Å²) < 4.78 is 36.6. The third-order valence-electron chi connectivity index (χ3n) is 5.21. The molecule has 0 amide bonds. The van der Waals surface area contributed by atoms with Gasteiger partial charge in [0.1, 0.15) is 18.0 Å². The van der Waals surface area contributed by atoms with Gasteiger partial charge in [-0.25, -0.2) is 4.79 Å². The van der Waals surface area contributed by atoms with Crippen molar-refractivity contribution in [3.63, 3.8) is 0 Å². The highest BCUT2D eigenvalue weighted by Gasteiger charge is 2.59. The minimum absolute atomic E-state index is 0.0147. The van der Waals surface area contributed by atoms with Crippen LogP contribution in [0.3, 0.4) is 0 Å². The number of hydrogen-bond acceptors (Lipinski definition) is 7. The van der Waals surface area contributed by atoms with Crippen molar-refractivity contribution in [1.82, 2.24) is 24.2 Å². The molecule has 0 radical (unpaired) electrons. The number of nitrogens with two attached hydrogens (primary N) is 1. The number of nitrogen functional groups attached to an aromatic ring is 1. The molecular formula is C16H20F2N6O4. The fraction of sp³-hybridized carbons (Fsp3) is 0.562. The number of aromatic nitrogens is 4. The number of rotatable bonds is 3. The van der Waals surface area contributed by atoms with Gasteiger partial charge in [0.2, 0.25) is 6.23 Å². The quantitative estimate of drug-likeness (QED) is 0.592. The third-order valence-corrected chi connectivity index (χ3v) is 5.21. The maximum atomic E-state index is 14.6. The number of aliphatic hydroxyl groups is 1. The summed E-state index contributed by atoms with van der Waals surface area (Å²) in [6.45, 7) is 0.824. The molecule has 4 N–H and O–H groups in total. The number of aryl methyl sites for hydroxylation is 1. The smallest absolute Gasteiger partial charge is 0.351 e. The Morgan fingerprint density at radius 1 is 1.46 bits per heavy atom. The molecule has 152 valence electrons. The van der Waals surface area contributed by atoms with Crippen LogP contribution in [0.5, 0.6) is 0 Å². The first-order valence-corrected chi connectivity index (χ1v) is 8.73. The van der Waals surface area contributed by atoms with Crippen LogP contribution in [-0.2, 0) is 24.8 Å². The van der Waals surface area contributed by atoms with E-state index < -0.39 is 30.0 Å². The lowest BCUT2D eigenvalue weighted by atomic mass is 10.1. The zero-order valence-corrected chi connectivity index (χ0v) is 15.0. The van der Waals surface area contributed by atoms with Gasteiger partial charge >= 0.3 is 11.6 Å². The second-order valence-corrected chi connectivity index (χ2v) is 7.11. The molecule has 0 saturated carbocycles. The van der Waals surface area contributed by atoms with E-state index in [2.05, 4.69) is 10.1 Å². The number of hydrogen-bond donors (Lipinski definition) is 3. The Morgan fingerprint density at radius 2 is 2.21 bits per heavy atom. The zero-order valence-electron chi connectivity index (χ0n) is 15.0. The number of alkyl halides is 2. The molecule has 1 fully saturated rings. The van der Waals surface area contributed by atoms with Crippen LogP contribution in [0.1, 0.15) is 17.5 Å². The Hall–Kier alpha value is -2.57. The molecule has 4 heterocycles. The molecule has 2 aliphatic heterocycles. The summed E-state index contributed by atoms with van der Waals surface area (Å²) in [7, 11) is 1.61. The number of aromatic amines is 1. The second-order valence-electron chi connectivity index (χ2n) is 7.11. The molecule has 2 aromatic heterocycles. The number of ether oxygens (including phenoxy) is 1. The van der Waals surface area contributed by atoms with Gasteiger partial charge in [0.15, 0.2) is 0 Å². The molecular weight excluding hydrogens is 378 g/mol. The van der Waals surface area contributed by atoms with E-state index >= 15 is 0 Å². The molecule has 12 heteroatoms. The van der Waals surface area contributed by atoms with Crippen LogP contribution in [0.4, 0.5) is 14.6 Å². The Balaban J connectivity index is 1.53. The molecule has 0 aromatic carbocycles. The first-order valence-electron chi connectivity index (χ1n) is 8.73. The van der Waals surface area contributed by atoms with Crippen molar-refractivity contribution < 1.29 is 18.6 Å². The van der Waals surface area contributed by atoms with Crippen molar-refractivity contribution in [2.24, 2.45) is 7.05 Å². The maximum absolute atomic E-state index is 14.6. The standard InChI is InChI=1S/C16H20F2N6O4/c1-22-13(26)8-2-4-23(6-9(8)21-22)7-10-12(25)16(17,18)14(28-10)24-5-3-11(19)20-15(24)27/h3,5,10,12,14,21,25H,2,4,6-7H2,1H3,(H2,19,20,27)/t10-,12-,14-/m1/s1. The minimum atomic E-state index is -3.69. The molecule has 1 saturated heterocycles. The van der Waals surface area contributed by atoms with Crippen LogP contribution < -0.4 is 17.0 Å². The molecule has 4 rings (SSSR count). The molecule has 2 aromatic rings. The van der Waals surface area contributed by atoms with E-state index in [1.54, 1.807) is 7.05 Å². The Kier molecular flexibility index (Phi) is 4.36. The monoisotopic (exact) mass is 398 g/mol. The Bertz CT molecular complexity index is 1020. The van der Waals surface area contributed by atoms with E-state index in [0.717, 1.165) is 6.20 Å². The Morgan fingerprint density at radius 3 is 2.93 bits per heavy atom. The van der Waals surface area contributed by atoms with Crippen LogP contribution in [-0.4, -0.2) is 60.6 Å². The molecule has 0 spiro atoms. The molecule has 2 aliphatic rings. The van der Waals surface area contributed by atoms with Gasteiger partial charge in [0.05, 0.1) is 5.69 Å². The number of nitrogens with zero attached hydrogens (tertiary/aromatic N) is 4. The Labute approximate surface area is 157 Å². The lowest BCUT2D eigenvalue weighted by molar-refractivity contribution is -0.140. The second kappa shape index (κ2) is 6.50. The minimum Gasteiger partial charge on any atom is -0.384 e. The van der Waals surface area contributed by atoms with Gasteiger partial charge in [-0.05, 0) is 12.5 Å². The molecule has 3 atom stereocenters. The van der Waals surface area contributed by atoms with E-state index in [9.17, 15) is 23.5 Å². The molecule has 0 aliphatic carbocycles. The number of nitrogens with one attached hydrogen (secondary N) is 1. The van der Waals surface area contributed by atoms with Crippen molar-refractivity contribution in [1.29, 1.82) is 0 Å². The number of anilines is 1. The van der Waals surface area contributed by atoms with Gasteiger partial charge in [-0.3, -0.25) is 24.0 Å². The van der Waals surface area contributed by atoms with Crippen molar-refractivity contribution in [3.05, 3.63) is 44.4 Å². The fourth-order valence-corrected chi connectivity index (χ4v) is 3.75. The van der Waals surface area contributed by atoms with Crippen LogP contribution in [0, 0.1) is 0 Å². The van der Waals surface area contributed by atoms with E-state index in [4.69, 9.17) is 10.5 Å². The van der Waals surface area contributed by atoms with Gasteiger partial charge in [0, 0.05) is 38.4 Å². The topological polar surface area (TPSA) is 131 Å². The maximum Gasteiger partial charge on any atom is 0.351 e. The van der Waals surface area contributed by atoms with Gasteiger partial charge in [-0.2, -0.15) is 13.8 Å². The first kappa shape index (κ1) is 18.8. The number of H-pyrrole nitrogens is 1. The average molecular weight is 398 g/mol. The lowest BCUT2D eigenvalue weighted by Crippen LogP contribution is -2.45. The summed E-state index contributed by atoms with van der Waals surface area (Å²) in [5.41, 5.74) is 5.69. The normalized spacial score (nSPS) is 27.1. The largest absolute Gasteiger partial charge is 0.384 e. The van der Waals surface area contributed by atoms with Gasteiger partial charge in [-0.15, -0.1) is 0 Å². The van der Waals surface area contributed by atoms with Gasteiger partial charge in [0.25, 0.3) is 5.56 Å². The van der Waals surface area contributed by atoms with E-state index in [1.165, 1.54) is 10.7 Å². The SMILES string of the molecule is Cn1[nH]c2c(c1=O)CCN(C[C@H]1O[C@@H](n3ccc(N)nc3=O)C(F)(F)[C@@H]1O)C2. The number of halogens is 2. The van der Waals surface area contributed by atoms with Crippen LogP contribution in [0.15, 0.2) is 21.9 Å². The van der Waals surface area contributed by atoms with Gasteiger partial charge < -0.3 is 15.6 Å².